The van der Waals surface area contributed by atoms with Crippen molar-refractivity contribution in [2.45, 2.75) is 88.6 Å². The van der Waals surface area contributed by atoms with Crippen LogP contribution in [-0.4, -0.2) is 77.7 Å². The van der Waals surface area contributed by atoms with Crippen molar-refractivity contribution < 1.29 is 24.2 Å². The van der Waals surface area contributed by atoms with Crippen LogP contribution >= 0.6 is 11.6 Å². The number of rotatable bonds is 4. The standard InChI is InChI=1S/C33H43ClN4O5/c1-33(2,42)29-31(40)37-26(18-20-9-14-24(34)15-10-20)30(39)35-17-5-8-22-6-4-7-23-13-16-25(43-28(22)23)19-36-27(21-11-12-21)32(41)38(29)3/h4,6-7,9-10,14-15,21,25-27,29,36,42H,5,8,11-13,16-19H2,1-3H3,(H,35,39)(H,37,40)/t25?,26-,27+,29-/m1/s1. The second-order valence-corrected chi connectivity index (χ2v) is 13.1. The molecule has 1 aliphatic carbocycles. The first-order valence-corrected chi connectivity index (χ1v) is 15.7. The number of hydrogen-bond donors (Lipinski definition) is 4. The summed E-state index contributed by atoms with van der Waals surface area (Å²) in [6.07, 6.45) is 5.12. The first-order chi connectivity index (χ1) is 20.5. The maximum absolute atomic E-state index is 13.9. The van der Waals surface area contributed by atoms with Gasteiger partial charge in [-0.2, -0.15) is 0 Å². The quantitative estimate of drug-likeness (QED) is 0.423. The Hall–Kier alpha value is -3.14. The zero-order chi connectivity index (χ0) is 30.7. The summed E-state index contributed by atoms with van der Waals surface area (Å²) in [5.41, 5.74) is 1.53. The number of fused-ring (bicyclic) bond motifs is 1. The highest BCUT2D eigenvalue weighted by Gasteiger charge is 2.45. The summed E-state index contributed by atoms with van der Waals surface area (Å²) >= 11 is 6.07. The van der Waals surface area contributed by atoms with Gasteiger partial charge in [0.2, 0.25) is 17.7 Å². The lowest BCUT2D eigenvalue weighted by molar-refractivity contribution is -0.150. The van der Waals surface area contributed by atoms with Crippen molar-refractivity contribution in [3.05, 3.63) is 64.2 Å². The predicted octanol–water partition coefficient (Wildman–Crippen LogP) is 2.79. The molecule has 2 aromatic rings. The average Bonchev–Trinajstić information content (AvgIpc) is 3.80. The van der Waals surface area contributed by atoms with Crippen LogP contribution in [0.5, 0.6) is 5.75 Å². The van der Waals surface area contributed by atoms with Crippen molar-refractivity contribution in [3.63, 3.8) is 0 Å². The van der Waals surface area contributed by atoms with Gasteiger partial charge in [0.1, 0.15) is 23.9 Å². The number of para-hydroxylation sites is 1. The number of carbonyl (C=O) groups is 3. The zero-order valence-electron chi connectivity index (χ0n) is 25.2. The van der Waals surface area contributed by atoms with Gasteiger partial charge in [-0.05, 0) is 87.1 Å². The van der Waals surface area contributed by atoms with Crippen LogP contribution in [0.2, 0.25) is 5.02 Å². The van der Waals surface area contributed by atoms with Gasteiger partial charge in [-0.1, -0.05) is 41.9 Å². The summed E-state index contributed by atoms with van der Waals surface area (Å²) in [4.78, 5) is 42.6. The molecule has 1 unspecified atom stereocenters. The number of amides is 3. The van der Waals surface area contributed by atoms with Crippen molar-refractivity contribution in [2.24, 2.45) is 5.92 Å². The monoisotopic (exact) mass is 610 g/mol. The second-order valence-electron chi connectivity index (χ2n) is 12.7. The van der Waals surface area contributed by atoms with Crippen molar-refractivity contribution >= 4 is 29.3 Å². The third-order valence-corrected chi connectivity index (χ3v) is 8.94. The van der Waals surface area contributed by atoms with Gasteiger partial charge in [0.05, 0.1) is 11.6 Å². The fourth-order valence-corrected chi connectivity index (χ4v) is 6.39. The zero-order valence-corrected chi connectivity index (χ0v) is 26.0. The number of carbonyl (C=O) groups excluding carboxylic acids is 3. The Morgan fingerprint density at radius 1 is 1.00 bits per heavy atom. The van der Waals surface area contributed by atoms with E-state index < -0.39 is 29.6 Å². The number of ether oxygens (including phenoxy) is 1. The highest BCUT2D eigenvalue weighted by Crippen LogP contribution is 2.35. The van der Waals surface area contributed by atoms with Crippen LogP contribution in [0.3, 0.4) is 0 Å². The Labute approximate surface area is 258 Å². The number of nitrogens with one attached hydrogen (secondary N) is 3. The molecule has 2 heterocycles. The molecular weight excluding hydrogens is 568 g/mol. The molecule has 3 aliphatic rings. The van der Waals surface area contributed by atoms with E-state index in [1.54, 1.807) is 19.2 Å². The van der Waals surface area contributed by atoms with Crippen molar-refractivity contribution in [3.8, 4) is 5.75 Å². The Balaban J connectivity index is 1.45. The summed E-state index contributed by atoms with van der Waals surface area (Å²) in [6.45, 7) is 3.93. The number of benzene rings is 2. The van der Waals surface area contributed by atoms with Crippen LogP contribution in [0.25, 0.3) is 0 Å². The molecule has 232 valence electrons. The summed E-state index contributed by atoms with van der Waals surface area (Å²) in [5, 5.41) is 21.0. The van der Waals surface area contributed by atoms with E-state index in [2.05, 4.69) is 34.1 Å². The van der Waals surface area contributed by atoms with E-state index in [1.807, 2.05) is 12.1 Å². The van der Waals surface area contributed by atoms with Gasteiger partial charge >= 0.3 is 0 Å². The van der Waals surface area contributed by atoms with Gasteiger partial charge in [0, 0.05) is 31.6 Å². The van der Waals surface area contributed by atoms with Gasteiger partial charge in [0.25, 0.3) is 0 Å². The maximum atomic E-state index is 13.9. The molecule has 9 nitrogen and oxygen atoms in total. The molecule has 2 aliphatic heterocycles. The Morgan fingerprint density at radius 3 is 2.37 bits per heavy atom. The molecule has 1 saturated carbocycles. The predicted molar refractivity (Wildman–Crippen MR) is 165 cm³/mol. The lowest BCUT2D eigenvalue weighted by Gasteiger charge is -2.38. The summed E-state index contributed by atoms with van der Waals surface area (Å²) in [5.74, 6) is -0.126. The smallest absolute Gasteiger partial charge is 0.246 e. The first kappa shape index (κ1) is 31.3. The Kier molecular flexibility index (Phi) is 9.63. The molecular formula is C33H43ClN4O5. The number of aryl methyl sites for hydroxylation is 2. The van der Waals surface area contributed by atoms with E-state index in [1.165, 1.54) is 24.3 Å². The summed E-state index contributed by atoms with van der Waals surface area (Å²) in [7, 11) is 1.55. The SMILES string of the molecule is CN1C(=O)[C@H](C2CC2)NCC2CCc3cccc(c3O2)CCCNC(=O)[C@@H](Cc2ccc(Cl)cc2)NC(=O)[C@@H]1C(C)(C)O. The number of likely N-dealkylation sites (N-methyl/N-ethyl adjacent to an activating group) is 1. The highest BCUT2D eigenvalue weighted by atomic mass is 35.5. The van der Waals surface area contributed by atoms with E-state index in [9.17, 15) is 19.5 Å². The molecule has 10 heteroatoms. The number of hydrogen-bond acceptors (Lipinski definition) is 6. The topological polar surface area (TPSA) is 120 Å². The number of nitrogens with zero attached hydrogens (tertiary/aromatic N) is 1. The van der Waals surface area contributed by atoms with Crippen molar-refractivity contribution in [1.82, 2.24) is 20.9 Å². The molecule has 4 N–H and O–H groups in total. The molecule has 2 aromatic carbocycles. The van der Waals surface area contributed by atoms with Crippen LogP contribution in [0, 0.1) is 5.92 Å². The molecule has 0 saturated heterocycles. The van der Waals surface area contributed by atoms with Crippen LogP contribution in [0.15, 0.2) is 42.5 Å². The van der Waals surface area contributed by atoms with Crippen LogP contribution in [0.1, 0.15) is 56.2 Å². The van der Waals surface area contributed by atoms with Gasteiger partial charge in [-0.3, -0.25) is 14.4 Å². The third-order valence-electron chi connectivity index (χ3n) is 8.68. The molecule has 0 spiro atoms. The lowest BCUT2D eigenvalue weighted by Crippen LogP contribution is -2.63. The molecule has 2 bridgehead atoms. The molecule has 4 atom stereocenters. The fraction of sp³-hybridized carbons (Fsp3) is 0.545. The fourth-order valence-electron chi connectivity index (χ4n) is 6.26. The summed E-state index contributed by atoms with van der Waals surface area (Å²) in [6, 6.07) is 10.7. The van der Waals surface area contributed by atoms with Crippen LogP contribution in [-0.2, 0) is 33.6 Å². The molecule has 0 aromatic heterocycles. The van der Waals surface area contributed by atoms with Crippen molar-refractivity contribution in [1.29, 1.82) is 0 Å². The molecule has 0 radical (unpaired) electrons. The summed E-state index contributed by atoms with van der Waals surface area (Å²) < 4.78 is 6.49. The van der Waals surface area contributed by atoms with Crippen LogP contribution in [0.4, 0.5) is 0 Å². The first-order valence-electron chi connectivity index (χ1n) is 15.3. The number of halogens is 1. The van der Waals surface area contributed by atoms with Gasteiger partial charge in [0.15, 0.2) is 0 Å². The largest absolute Gasteiger partial charge is 0.489 e. The van der Waals surface area contributed by atoms with Gasteiger partial charge < -0.3 is 30.7 Å². The minimum Gasteiger partial charge on any atom is -0.489 e. The highest BCUT2D eigenvalue weighted by molar-refractivity contribution is 6.30. The van der Waals surface area contributed by atoms with E-state index in [4.69, 9.17) is 16.3 Å². The Bertz CT molecular complexity index is 1320. The van der Waals surface area contributed by atoms with E-state index in [-0.39, 0.29) is 30.3 Å². The van der Waals surface area contributed by atoms with Gasteiger partial charge in [-0.15, -0.1) is 0 Å². The third kappa shape index (κ3) is 7.69. The minimum absolute atomic E-state index is 0.0893. The molecule has 5 rings (SSSR count). The van der Waals surface area contributed by atoms with E-state index in [0.29, 0.717) is 24.5 Å². The normalized spacial score (nSPS) is 26.1. The van der Waals surface area contributed by atoms with Gasteiger partial charge in [-0.25, -0.2) is 0 Å². The second kappa shape index (κ2) is 13.2. The minimum atomic E-state index is -1.57. The lowest BCUT2D eigenvalue weighted by atomic mass is 9.94. The molecule has 43 heavy (non-hydrogen) atoms. The molecule has 1 fully saturated rings. The Morgan fingerprint density at radius 2 is 1.70 bits per heavy atom. The average molecular weight is 611 g/mol. The van der Waals surface area contributed by atoms with Crippen molar-refractivity contribution in [2.75, 3.05) is 20.1 Å². The number of aliphatic hydroxyl groups is 1. The molecule has 3 amide bonds. The van der Waals surface area contributed by atoms with E-state index >= 15 is 0 Å². The van der Waals surface area contributed by atoms with E-state index in [0.717, 1.165) is 49.0 Å². The van der Waals surface area contributed by atoms with Crippen LogP contribution < -0.4 is 20.7 Å². The maximum Gasteiger partial charge on any atom is 0.246 e.